The first kappa shape index (κ1) is 21.2. The molecule has 4 aromatic carbocycles. The highest BCUT2D eigenvalue weighted by atomic mass is 16.5. The second-order valence-electron chi connectivity index (χ2n) is 8.55. The number of carbonyl (C=O) groups excluding carboxylic acids is 4. The van der Waals surface area contributed by atoms with E-state index < -0.39 is 0 Å². The summed E-state index contributed by atoms with van der Waals surface area (Å²) in [6, 6.07) is 21.6. The van der Waals surface area contributed by atoms with Crippen molar-refractivity contribution in [2.75, 3.05) is 26.3 Å². The molecule has 35 heavy (non-hydrogen) atoms. The van der Waals surface area contributed by atoms with Crippen molar-refractivity contribution in [2.24, 2.45) is 0 Å². The smallest absolute Gasteiger partial charge is 0.261 e. The third kappa shape index (κ3) is 3.24. The highest BCUT2D eigenvalue weighted by Gasteiger charge is 2.33. The van der Waals surface area contributed by atoms with Gasteiger partial charge in [-0.2, -0.15) is 0 Å². The van der Waals surface area contributed by atoms with E-state index in [0.717, 1.165) is 10.8 Å². The Bertz CT molecular complexity index is 1360. The third-order valence-corrected chi connectivity index (χ3v) is 6.63. The zero-order valence-corrected chi connectivity index (χ0v) is 18.7. The molecular formula is C28H20N2O5. The average Bonchev–Trinajstić information content (AvgIpc) is 2.88. The maximum Gasteiger partial charge on any atom is 0.261 e. The van der Waals surface area contributed by atoms with E-state index in [4.69, 9.17) is 4.74 Å². The molecule has 2 heterocycles. The summed E-state index contributed by atoms with van der Waals surface area (Å²) in [5.74, 6) is -1.41. The van der Waals surface area contributed by atoms with E-state index >= 15 is 0 Å². The van der Waals surface area contributed by atoms with Crippen LogP contribution in [0.15, 0.2) is 72.8 Å². The van der Waals surface area contributed by atoms with E-state index in [9.17, 15) is 19.2 Å². The Kier molecular flexibility index (Phi) is 4.93. The second-order valence-corrected chi connectivity index (χ2v) is 8.55. The van der Waals surface area contributed by atoms with Crippen LogP contribution in [0.5, 0.6) is 0 Å². The molecule has 0 fully saturated rings. The quantitative estimate of drug-likeness (QED) is 0.319. The first-order valence-corrected chi connectivity index (χ1v) is 11.4. The molecule has 0 bridgehead atoms. The van der Waals surface area contributed by atoms with E-state index in [-0.39, 0.29) is 49.9 Å². The molecule has 0 spiro atoms. The summed E-state index contributed by atoms with van der Waals surface area (Å²) in [6.07, 6.45) is 0. The summed E-state index contributed by atoms with van der Waals surface area (Å²) in [5, 5.41) is 3.07. The first-order valence-electron chi connectivity index (χ1n) is 11.4. The molecule has 2 aliphatic heterocycles. The number of carbonyl (C=O) groups is 4. The monoisotopic (exact) mass is 464 g/mol. The molecule has 7 nitrogen and oxygen atoms in total. The van der Waals surface area contributed by atoms with Crippen LogP contribution in [-0.2, 0) is 4.74 Å². The summed E-state index contributed by atoms with van der Waals surface area (Å²) >= 11 is 0. The van der Waals surface area contributed by atoms with Crippen molar-refractivity contribution in [3.05, 3.63) is 95.1 Å². The molecule has 0 saturated heterocycles. The summed E-state index contributed by atoms with van der Waals surface area (Å²) in [6.45, 7) is 0.342. The lowest BCUT2D eigenvalue weighted by Crippen LogP contribution is -2.43. The van der Waals surface area contributed by atoms with Crippen LogP contribution in [0.3, 0.4) is 0 Å². The van der Waals surface area contributed by atoms with E-state index in [1.807, 2.05) is 24.3 Å². The predicted octanol–water partition coefficient (Wildman–Crippen LogP) is 3.90. The fraction of sp³-hybridized carbons (Fsp3) is 0.143. The van der Waals surface area contributed by atoms with Crippen LogP contribution in [0.4, 0.5) is 0 Å². The fourth-order valence-electron chi connectivity index (χ4n) is 4.98. The van der Waals surface area contributed by atoms with Crippen molar-refractivity contribution in [3.8, 4) is 0 Å². The topological polar surface area (TPSA) is 84.0 Å². The van der Waals surface area contributed by atoms with Crippen LogP contribution in [0, 0.1) is 0 Å². The van der Waals surface area contributed by atoms with E-state index in [1.165, 1.54) is 9.80 Å². The molecule has 2 aliphatic rings. The van der Waals surface area contributed by atoms with Gasteiger partial charge >= 0.3 is 0 Å². The predicted molar refractivity (Wildman–Crippen MR) is 129 cm³/mol. The van der Waals surface area contributed by atoms with Crippen LogP contribution in [0.1, 0.15) is 41.4 Å². The van der Waals surface area contributed by atoms with Gasteiger partial charge in [0.15, 0.2) is 0 Å². The fourth-order valence-corrected chi connectivity index (χ4v) is 4.98. The van der Waals surface area contributed by atoms with Crippen molar-refractivity contribution < 1.29 is 23.9 Å². The Hall–Kier alpha value is -4.36. The van der Waals surface area contributed by atoms with Gasteiger partial charge in [0.1, 0.15) is 0 Å². The lowest BCUT2D eigenvalue weighted by molar-refractivity contribution is 0.0455. The van der Waals surface area contributed by atoms with Gasteiger partial charge in [0, 0.05) is 33.0 Å². The maximum absolute atomic E-state index is 13.0. The minimum Gasteiger partial charge on any atom is -0.378 e. The van der Waals surface area contributed by atoms with E-state index in [2.05, 4.69) is 0 Å². The molecule has 0 radical (unpaired) electrons. The van der Waals surface area contributed by atoms with Gasteiger partial charge in [-0.05, 0) is 35.0 Å². The molecule has 0 atom stereocenters. The zero-order chi connectivity index (χ0) is 24.1. The van der Waals surface area contributed by atoms with Crippen LogP contribution in [-0.4, -0.2) is 59.7 Å². The minimum absolute atomic E-state index is 0.0758. The molecule has 4 aromatic rings. The van der Waals surface area contributed by atoms with Gasteiger partial charge in [0.05, 0.1) is 26.3 Å². The normalized spacial score (nSPS) is 15.0. The number of ether oxygens (including phenoxy) is 1. The van der Waals surface area contributed by atoms with Gasteiger partial charge in [-0.25, -0.2) is 0 Å². The molecule has 4 amide bonds. The van der Waals surface area contributed by atoms with E-state index in [1.54, 1.807) is 48.5 Å². The Balaban J connectivity index is 1.11. The molecule has 172 valence electrons. The summed E-state index contributed by atoms with van der Waals surface area (Å²) < 4.78 is 5.66. The van der Waals surface area contributed by atoms with Gasteiger partial charge in [-0.1, -0.05) is 48.5 Å². The number of imide groups is 2. The van der Waals surface area contributed by atoms with Gasteiger partial charge in [-0.15, -0.1) is 0 Å². The number of benzene rings is 4. The van der Waals surface area contributed by atoms with Crippen molar-refractivity contribution in [3.63, 3.8) is 0 Å². The zero-order valence-electron chi connectivity index (χ0n) is 18.7. The molecular weight excluding hydrogens is 444 g/mol. The molecule has 0 aliphatic carbocycles. The molecule has 7 heteroatoms. The van der Waals surface area contributed by atoms with Gasteiger partial charge < -0.3 is 4.74 Å². The number of hydrogen-bond donors (Lipinski definition) is 0. The van der Waals surface area contributed by atoms with Crippen LogP contribution in [0.2, 0.25) is 0 Å². The highest BCUT2D eigenvalue weighted by molar-refractivity contribution is 6.26. The van der Waals surface area contributed by atoms with Crippen LogP contribution >= 0.6 is 0 Å². The number of hydrogen-bond acceptors (Lipinski definition) is 5. The maximum atomic E-state index is 13.0. The number of rotatable bonds is 6. The second kappa shape index (κ2) is 8.14. The Morgan fingerprint density at radius 1 is 0.486 bits per heavy atom. The number of amides is 4. The van der Waals surface area contributed by atoms with Gasteiger partial charge in [0.2, 0.25) is 0 Å². The highest BCUT2D eigenvalue weighted by Crippen LogP contribution is 2.31. The number of nitrogens with zero attached hydrogens (tertiary/aromatic N) is 2. The molecule has 0 saturated carbocycles. The van der Waals surface area contributed by atoms with Crippen molar-refractivity contribution >= 4 is 45.2 Å². The molecule has 0 aromatic heterocycles. The molecule has 0 unspecified atom stereocenters. The standard InChI is InChI=1S/C28H20N2O5/c31-25-19-9-1-5-17-6-2-10-20(23(17)19)26(32)29(25)13-15-35-16-14-30-27(33)21-11-3-7-18-8-4-12-22(24(18)21)28(30)34/h1-12H,13-16H2. The van der Waals surface area contributed by atoms with Crippen molar-refractivity contribution in [1.82, 2.24) is 9.80 Å². The van der Waals surface area contributed by atoms with Gasteiger partial charge in [0.25, 0.3) is 23.6 Å². The van der Waals surface area contributed by atoms with Gasteiger partial charge in [-0.3, -0.25) is 29.0 Å². The Morgan fingerprint density at radius 3 is 1.11 bits per heavy atom. The minimum atomic E-state index is -0.353. The van der Waals surface area contributed by atoms with Crippen molar-refractivity contribution in [1.29, 1.82) is 0 Å². The lowest BCUT2D eigenvalue weighted by atomic mass is 9.94. The Morgan fingerprint density at radius 2 is 0.800 bits per heavy atom. The first-order chi connectivity index (χ1) is 17.1. The Labute approximate surface area is 200 Å². The molecule has 0 N–H and O–H groups in total. The largest absolute Gasteiger partial charge is 0.378 e. The van der Waals surface area contributed by atoms with Crippen molar-refractivity contribution in [2.45, 2.75) is 0 Å². The lowest BCUT2D eigenvalue weighted by Gasteiger charge is -2.28. The van der Waals surface area contributed by atoms with Crippen LogP contribution < -0.4 is 0 Å². The van der Waals surface area contributed by atoms with E-state index in [0.29, 0.717) is 33.0 Å². The average molecular weight is 464 g/mol. The summed E-state index contributed by atoms with van der Waals surface area (Å²) in [4.78, 5) is 54.3. The molecule has 6 rings (SSSR count). The third-order valence-electron chi connectivity index (χ3n) is 6.63. The SMILES string of the molecule is O=C1c2cccc3cccc(c23)C(=O)N1CCOCCN1C(=O)c2cccc3cccc(c23)C1=O. The summed E-state index contributed by atoms with van der Waals surface area (Å²) in [7, 11) is 0. The summed E-state index contributed by atoms with van der Waals surface area (Å²) in [5.41, 5.74) is 1.98. The van der Waals surface area contributed by atoms with Crippen LogP contribution in [0.25, 0.3) is 21.5 Å².